The molecule has 47 heavy (non-hydrogen) atoms. The Morgan fingerprint density at radius 2 is 1.47 bits per heavy atom. The lowest BCUT2D eigenvalue weighted by Crippen LogP contribution is -2.46. The number of anilines is 2. The molecule has 2 aliphatic rings. The number of nitrogens with zero attached hydrogens (tertiary/aromatic N) is 8. The number of hydrogen-bond acceptors (Lipinski definition) is 9. The molecule has 12 heteroatoms. The first-order valence-corrected chi connectivity index (χ1v) is 16.2. The molecule has 2 saturated heterocycles. The molecule has 0 radical (unpaired) electrons. The van der Waals surface area contributed by atoms with Gasteiger partial charge in [-0.15, -0.1) is 0 Å². The van der Waals surface area contributed by atoms with Crippen molar-refractivity contribution in [3.05, 3.63) is 114 Å². The quantitative estimate of drug-likeness (QED) is 0.210. The van der Waals surface area contributed by atoms with Crippen LogP contribution < -0.4 is 20.2 Å². The Bertz CT molecular complexity index is 1780. The van der Waals surface area contributed by atoms with Crippen LogP contribution in [0.5, 0.6) is 5.75 Å². The lowest BCUT2D eigenvalue weighted by atomic mass is 10.1. The van der Waals surface area contributed by atoms with Crippen molar-refractivity contribution >= 4 is 11.4 Å². The van der Waals surface area contributed by atoms with Gasteiger partial charge in [0.1, 0.15) is 31.3 Å². The second-order valence-electron chi connectivity index (χ2n) is 12.0. The zero-order chi connectivity index (χ0) is 32.2. The Morgan fingerprint density at radius 3 is 2.11 bits per heavy atom. The molecular weight excluding hydrogens is 596 g/mol. The zero-order valence-corrected chi connectivity index (χ0v) is 26.8. The largest absolute Gasteiger partial charge is 0.491 e. The van der Waals surface area contributed by atoms with E-state index in [0.717, 1.165) is 55.3 Å². The first kappa shape index (κ1) is 30.7. The number of aromatic nitrogens is 6. The van der Waals surface area contributed by atoms with Crippen LogP contribution in [0.25, 0.3) is 5.69 Å². The van der Waals surface area contributed by atoms with Crippen LogP contribution >= 0.6 is 0 Å². The molecule has 0 amide bonds. The fourth-order valence-electron chi connectivity index (χ4n) is 6.13. The van der Waals surface area contributed by atoms with Gasteiger partial charge in [-0.3, -0.25) is 0 Å². The lowest BCUT2D eigenvalue weighted by molar-refractivity contribution is -0.192. The molecule has 0 N–H and O–H groups in total. The fraction of sp³-hybridized carbons (Fsp3) is 0.371. The maximum absolute atomic E-state index is 12.8. The fourth-order valence-corrected chi connectivity index (χ4v) is 6.13. The van der Waals surface area contributed by atoms with Crippen LogP contribution in [0.3, 0.4) is 0 Å². The molecule has 0 spiro atoms. The molecule has 4 heterocycles. The Labute approximate surface area is 273 Å². The van der Waals surface area contributed by atoms with Crippen molar-refractivity contribution in [3.63, 3.8) is 0 Å². The van der Waals surface area contributed by atoms with Gasteiger partial charge in [-0.25, -0.2) is 14.0 Å². The van der Waals surface area contributed by atoms with E-state index in [4.69, 9.17) is 14.2 Å². The predicted molar refractivity (Wildman–Crippen MR) is 178 cm³/mol. The summed E-state index contributed by atoms with van der Waals surface area (Å²) in [4.78, 5) is 19.1. The van der Waals surface area contributed by atoms with Gasteiger partial charge < -0.3 is 24.0 Å². The highest BCUT2D eigenvalue weighted by Crippen LogP contribution is 2.36. The average Bonchev–Trinajstić information content (AvgIpc) is 3.89. The summed E-state index contributed by atoms with van der Waals surface area (Å²) in [6.07, 6.45) is 5.51. The average molecular weight is 637 g/mol. The van der Waals surface area contributed by atoms with E-state index >= 15 is 0 Å². The zero-order valence-electron chi connectivity index (χ0n) is 26.8. The number of ether oxygens (including phenoxy) is 3. The van der Waals surface area contributed by atoms with Crippen molar-refractivity contribution in [2.24, 2.45) is 0 Å². The SMILES string of the molecule is CCC(C)n1ncn(-c2ccc(N3CCN(c4ccc(OCC5CO[C@](Cn6nccn6)(c6ccccc6)O5)cc4)CC3)cc2)c1=O. The van der Waals surface area contributed by atoms with Crippen molar-refractivity contribution in [3.8, 4) is 11.4 Å². The highest BCUT2D eigenvalue weighted by molar-refractivity contribution is 5.54. The van der Waals surface area contributed by atoms with Gasteiger partial charge in [0, 0.05) is 43.1 Å². The molecule has 2 aliphatic heterocycles. The second-order valence-corrected chi connectivity index (χ2v) is 12.0. The molecule has 3 aromatic carbocycles. The third kappa shape index (κ3) is 6.51. The molecular formula is C35H40N8O4. The van der Waals surface area contributed by atoms with Crippen LogP contribution in [0.2, 0.25) is 0 Å². The molecule has 2 fully saturated rings. The van der Waals surface area contributed by atoms with Crippen LogP contribution in [-0.4, -0.2) is 74.8 Å². The highest BCUT2D eigenvalue weighted by Gasteiger charge is 2.44. The van der Waals surface area contributed by atoms with Crippen LogP contribution in [0.4, 0.5) is 11.4 Å². The first-order valence-electron chi connectivity index (χ1n) is 16.2. The maximum atomic E-state index is 12.8. The van der Waals surface area contributed by atoms with E-state index < -0.39 is 5.79 Å². The van der Waals surface area contributed by atoms with Crippen molar-refractivity contribution < 1.29 is 14.2 Å². The third-order valence-electron chi connectivity index (χ3n) is 9.00. The molecule has 2 unspecified atom stereocenters. The molecule has 12 nitrogen and oxygen atoms in total. The van der Waals surface area contributed by atoms with Gasteiger partial charge in [-0.2, -0.15) is 20.1 Å². The van der Waals surface area contributed by atoms with Gasteiger partial charge in [-0.1, -0.05) is 37.3 Å². The van der Waals surface area contributed by atoms with E-state index in [0.29, 0.717) is 19.8 Å². The lowest BCUT2D eigenvalue weighted by Gasteiger charge is -2.37. The number of rotatable bonds is 11. The molecule has 0 bridgehead atoms. The summed E-state index contributed by atoms with van der Waals surface area (Å²) in [7, 11) is 0. The summed E-state index contributed by atoms with van der Waals surface area (Å²) in [5.74, 6) is -0.185. The topological polar surface area (TPSA) is 105 Å². The minimum Gasteiger partial charge on any atom is -0.491 e. The minimum atomic E-state index is -0.973. The summed E-state index contributed by atoms with van der Waals surface area (Å²) in [5.41, 5.74) is 3.95. The molecule has 244 valence electrons. The van der Waals surface area contributed by atoms with E-state index in [1.807, 2.05) is 61.5 Å². The van der Waals surface area contributed by atoms with E-state index in [-0.39, 0.29) is 17.8 Å². The molecule has 7 rings (SSSR count). The van der Waals surface area contributed by atoms with E-state index in [2.05, 4.69) is 56.3 Å². The number of hydrogen-bond donors (Lipinski definition) is 0. The maximum Gasteiger partial charge on any atom is 0.350 e. The third-order valence-corrected chi connectivity index (χ3v) is 9.00. The van der Waals surface area contributed by atoms with E-state index in [1.54, 1.807) is 32.8 Å². The van der Waals surface area contributed by atoms with Crippen molar-refractivity contribution in [1.29, 1.82) is 0 Å². The van der Waals surface area contributed by atoms with Gasteiger partial charge in [0.2, 0.25) is 5.79 Å². The highest BCUT2D eigenvalue weighted by atomic mass is 16.8. The molecule has 3 atom stereocenters. The Kier molecular flexibility index (Phi) is 8.77. The summed E-state index contributed by atoms with van der Waals surface area (Å²) in [5, 5.41) is 12.8. The van der Waals surface area contributed by atoms with Crippen molar-refractivity contribution in [2.45, 2.75) is 44.7 Å². The summed E-state index contributed by atoms with van der Waals surface area (Å²) >= 11 is 0. The summed E-state index contributed by atoms with van der Waals surface area (Å²) in [6.45, 7) is 8.79. The van der Waals surface area contributed by atoms with Gasteiger partial charge in [0.05, 0.1) is 30.7 Å². The molecule has 0 aliphatic carbocycles. The monoisotopic (exact) mass is 636 g/mol. The van der Waals surface area contributed by atoms with Crippen molar-refractivity contribution in [2.75, 3.05) is 49.2 Å². The van der Waals surface area contributed by atoms with Gasteiger partial charge in [-0.05, 0) is 61.9 Å². The first-order chi connectivity index (χ1) is 23.0. The van der Waals surface area contributed by atoms with Crippen LogP contribution in [0, 0.1) is 0 Å². The minimum absolute atomic E-state index is 0.0721. The van der Waals surface area contributed by atoms with Crippen LogP contribution in [-0.2, 0) is 21.8 Å². The number of benzene rings is 3. The smallest absolute Gasteiger partial charge is 0.350 e. The molecule has 5 aromatic rings. The predicted octanol–water partition coefficient (Wildman–Crippen LogP) is 4.27. The standard InChI is InChI=1S/C35H40N8O4/c1-3-27(2)43-34(44)41(26-38-43)31-11-9-29(10-12-31)39-19-21-40(22-20-39)30-13-15-32(16-14-30)45-23-33-24-46-35(47-33,25-42-36-17-18-37-42)28-7-5-4-6-8-28/h4-18,26-27,33H,3,19-25H2,1-2H3/t27?,33?,35-/m0/s1. The van der Waals surface area contributed by atoms with Crippen molar-refractivity contribution in [1.82, 2.24) is 29.3 Å². The van der Waals surface area contributed by atoms with Gasteiger partial charge >= 0.3 is 5.69 Å². The Hall–Kier alpha value is -4.94. The normalized spacial score (nSPS) is 20.4. The Balaban J connectivity index is 0.913. The number of piperazine rings is 1. The summed E-state index contributed by atoms with van der Waals surface area (Å²) in [6, 6.07) is 26.4. The van der Waals surface area contributed by atoms with Gasteiger partial charge in [0.25, 0.3) is 0 Å². The van der Waals surface area contributed by atoms with Crippen LogP contribution in [0.1, 0.15) is 31.9 Å². The van der Waals surface area contributed by atoms with E-state index in [1.165, 1.54) is 5.69 Å². The Morgan fingerprint density at radius 1 is 0.851 bits per heavy atom. The van der Waals surface area contributed by atoms with Gasteiger partial charge in [0.15, 0.2) is 0 Å². The summed E-state index contributed by atoms with van der Waals surface area (Å²) < 4.78 is 22.0. The molecule has 0 saturated carbocycles. The second kappa shape index (κ2) is 13.4. The van der Waals surface area contributed by atoms with Crippen LogP contribution in [0.15, 0.2) is 102 Å². The van der Waals surface area contributed by atoms with E-state index in [9.17, 15) is 4.79 Å². The molecule has 2 aromatic heterocycles.